The Balaban J connectivity index is 2.19. The molecule has 0 spiro atoms. The van der Waals surface area contributed by atoms with Gasteiger partial charge >= 0.3 is 0 Å². The first-order chi connectivity index (χ1) is 7.81. The SMILES string of the molecule is COC1=CCCC(Cc2ccccn2)=C1O. The van der Waals surface area contributed by atoms with Crippen LogP contribution in [0.15, 0.2) is 47.6 Å². The third-order valence-corrected chi connectivity index (χ3v) is 2.68. The fourth-order valence-corrected chi connectivity index (χ4v) is 1.84. The molecule has 0 aromatic carbocycles. The minimum atomic E-state index is 0.277. The van der Waals surface area contributed by atoms with Gasteiger partial charge in [0.1, 0.15) is 0 Å². The number of pyridine rings is 1. The van der Waals surface area contributed by atoms with Crippen molar-refractivity contribution in [2.45, 2.75) is 19.3 Å². The van der Waals surface area contributed by atoms with Crippen molar-refractivity contribution in [3.63, 3.8) is 0 Å². The van der Waals surface area contributed by atoms with Gasteiger partial charge in [-0.05, 0) is 36.6 Å². The first-order valence-corrected chi connectivity index (χ1v) is 5.36. The van der Waals surface area contributed by atoms with Gasteiger partial charge in [0.05, 0.1) is 7.11 Å². The van der Waals surface area contributed by atoms with Crippen LogP contribution in [0.3, 0.4) is 0 Å². The van der Waals surface area contributed by atoms with Crippen LogP contribution in [-0.2, 0) is 11.2 Å². The topological polar surface area (TPSA) is 42.4 Å². The molecule has 3 heteroatoms. The van der Waals surface area contributed by atoms with E-state index in [1.807, 2.05) is 24.3 Å². The highest BCUT2D eigenvalue weighted by molar-refractivity contribution is 5.31. The molecule has 1 aliphatic carbocycles. The van der Waals surface area contributed by atoms with Crippen molar-refractivity contribution in [1.82, 2.24) is 4.98 Å². The average Bonchev–Trinajstić information content (AvgIpc) is 2.33. The van der Waals surface area contributed by atoms with Crippen LogP contribution in [0.4, 0.5) is 0 Å². The fourth-order valence-electron chi connectivity index (χ4n) is 1.84. The summed E-state index contributed by atoms with van der Waals surface area (Å²) in [6.07, 6.45) is 6.15. The van der Waals surface area contributed by atoms with E-state index < -0.39 is 0 Å². The van der Waals surface area contributed by atoms with Crippen molar-refractivity contribution >= 4 is 0 Å². The normalized spacial score (nSPS) is 15.9. The summed E-state index contributed by atoms with van der Waals surface area (Å²) in [4.78, 5) is 4.25. The Bertz CT molecular complexity index is 421. The molecule has 1 N–H and O–H groups in total. The molecule has 0 amide bonds. The average molecular weight is 217 g/mol. The number of allylic oxidation sites excluding steroid dienone is 2. The van der Waals surface area contributed by atoms with E-state index in [4.69, 9.17) is 4.74 Å². The van der Waals surface area contributed by atoms with Crippen LogP contribution >= 0.6 is 0 Å². The molecule has 0 unspecified atom stereocenters. The van der Waals surface area contributed by atoms with Crippen LogP contribution in [0.5, 0.6) is 0 Å². The van der Waals surface area contributed by atoms with Gasteiger partial charge < -0.3 is 9.84 Å². The summed E-state index contributed by atoms with van der Waals surface area (Å²) in [6, 6.07) is 5.81. The molecule has 0 bridgehead atoms. The van der Waals surface area contributed by atoms with Gasteiger partial charge in [0, 0.05) is 18.3 Å². The molecule has 1 aromatic heterocycles. The zero-order valence-corrected chi connectivity index (χ0v) is 9.31. The van der Waals surface area contributed by atoms with Crippen molar-refractivity contribution in [3.05, 3.63) is 53.3 Å². The largest absolute Gasteiger partial charge is 0.504 e. The highest BCUT2D eigenvalue weighted by atomic mass is 16.5. The van der Waals surface area contributed by atoms with Crippen molar-refractivity contribution in [2.75, 3.05) is 7.11 Å². The predicted molar refractivity (Wildman–Crippen MR) is 61.9 cm³/mol. The van der Waals surface area contributed by atoms with E-state index in [9.17, 15) is 5.11 Å². The van der Waals surface area contributed by atoms with Crippen LogP contribution < -0.4 is 0 Å². The number of ether oxygens (including phenoxy) is 1. The van der Waals surface area contributed by atoms with Gasteiger partial charge in [-0.2, -0.15) is 0 Å². The lowest BCUT2D eigenvalue weighted by molar-refractivity contribution is 0.247. The molecule has 0 fully saturated rings. The lowest BCUT2D eigenvalue weighted by Gasteiger charge is -2.16. The third kappa shape index (κ3) is 2.24. The summed E-state index contributed by atoms with van der Waals surface area (Å²) in [6.45, 7) is 0. The Morgan fingerprint density at radius 2 is 2.31 bits per heavy atom. The zero-order chi connectivity index (χ0) is 11.4. The van der Waals surface area contributed by atoms with Gasteiger partial charge in [0.15, 0.2) is 11.5 Å². The molecule has 3 nitrogen and oxygen atoms in total. The molecule has 0 saturated carbocycles. The van der Waals surface area contributed by atoms with Crippen LogP contribution in [0.1, 0.15) is 18.5 Å². The molecule has 1 aliphatic rings. The second-order valence-corrected chi connectivity index (χ2v) is 3.76. The van der Waals surface area contributed by atoms with Crippen molar-refractivity contribution in [3.8, 4) is 0 Å². The Hall–Kier alpha value is -1.77. The van der Waals surface area contributed by atoms with Crippen LogP contribution in [0.2, 0.25) is 0 Å². The second-order valence-electron chi connectivity index (χ2n) is 3.76. The number of methoxy groups -OCH3 is 1. The fraction of sp³-hybridized carbons (Fsp3) is 0.308. The lowest BCUT2D eigenvalue weighted by atomic mass is 9.98. The molecule has 0 aliphatic heterocycles. The van der Waals surface area contributed by atoms with E-state index in [1.165, 1.54) is 0 Å². The van der Waals surface area contributed by atoms with E-state index in [2.05, 4.69) is 4.98 Å². The summed E-state index contributed by atoms with van der Waals surface area (Å²) in [5.41, 5.74) is 1.97. The third-order valence-electron chi connectivity index (χ3n) is 2.68. The quantitative estimate of drug-likeness (QED) is 0.846. The second kappa shape index (κ2) is 4.84. The van der Waals surface area contributed by atoms with Crippen LogP contribution in [-0.4, -0.2) is 17.2 Å². The number of hydrogen-bond donors (Lipinski definition) is 1. The minimum Gasteiger partial charge on any atom is -0.504 e. The Morgan fingerprint density at radius 1 is 1.44 bits per heavy atom. The molecule has 1 heterocycles. The van der Waals surface area contributed by atoms with Crippen LogP contribution in [0.25, 0.3) is 0 Å². The standard InChI is InChI=1S/C13H15NO2/c1-16-12-7-4-5-10(13(12)15)9-11-6-2-3-8-14-11/h2-3,6-8,15H,4-5,9H2,1H3. The van der Waals surface area contributed by atoms with Gasteiger partial charge in [-0.15, -0.1) is 0 Å². The first-order valence-electron chi connectivity index (χ1n) is 5.36. The van der Waals surface area contributed by atoms with E-state index in [0.29, 0.717) is 12.2 Å². The van der Waals surface area contributed by atoms with Crippen LogP contribution in [0, 0.1) is 0 Å². The van der Waals surface area contributed by atoms with Gasteiger partial charge in [-0.1, -0.05) is 6.07 Å². The monoisotopic (exact) mass is 217 g/mol. The maximum absolute atomic E-state index is 9.95. The molecule has 1 aromatic rings. The van der Waals surface area contributed by atoms with E-state index in [1.54, 1.807) is 13.3 Å². The van der Waals surface area contributed by atoms with E-state index in [-0.39, 0.29) is 5.76 Å². The number of aliphatic hydroxyl groups excluding tert-OH is 1. The molecule has 84 valence electrons. The Kier molecular flexibility index (Phi) is 3.25. The van der Waals surface area contributed by atoms with Crippen molar-refractivity contribution in [2.24, 2.45) is 0 Å². The van der Waals surface area contributed by atoms with E-state index >= 15 is 0 Å². The smallest absolute Gasteiger partial charge is 0.156 e. The zero-order valence-electron chi connectivity index (χ0n) is 9.31. The predicted octanol–water partition coefficient (Wildman–Crippen LogP) is 2.76. The minimum absolute atomic E-state index is 0.277. The summed E-state index contributed by atoms with van der Waals surface area (Å²) < 4.78 is 5.10. The molecule has 0 saturated heterocycles. The molecular formula is C13H15NO2. The lowest BCUT2D eigenvalue weighted by Crippen LogP contribution is -2.05. The maximum atomic E-state index is 9.95. The molecular weight excluding hydrogens is 202 g/mol. The summed E-state index contributed by atoms with van der Waals surface area (Å²) >= 11 is 0. The number of rotatable bonds is 3. The number of hydrogen-bond acceptors (Lipinski definition) is 3. The number of aromatic nitrogens is 1. The van der Waals surface area contributed by atoms with Crippen molar-refractivity contribution in [1.29, 1.82) is 0 Å². The van der Waals surface area contributed by atoms with E-state index in [0.717, 1.165) is 24.1 Å². The summed E-state index contributed by atoms with van der Waals surface area (Å²) in [7, 11) is 1.58. The van der Waals surface area contributed by atoms with Gasteiger partial charge in [0.2, 0.25) is 0 Å². The maximum Gasteiger partial charge on any atom is 0.156 e. The highest BCUT2D eigenvalue weighted by Gasteiger charge is 2.16. The van der Waals surface area contributed by atoms with Crippen molar-refractivity contribution < 1.29 is 9.84 Å². The molecule has 0 radical (unpaired) electrons. The van der Waals surface area contributed by atoms with Gasteiger partial charge in [-0.3, -0.25) is 4.98 Å². The van der Waals surface area contributed by atoms with Gasteiger partial charge in [-0.25, -0.2) is 0 Å². The Labute approximate surface area is 95.1 Å². The molecule has 0 atom stereocenters. The Morgan fingerprint density at radius 3 is 3.00 bits per heavy atom. The summed E-state index contributed by atoms with van der Waals surface area (Å²) in [5.74, 6) is 0.858. The summed E-state index contributed by atoms with van der Waals surface area (Å²) in [5, 5.41) is 9.95. The first kappa shape index (κ1) is 10.7. The number of aliphatic hydroxyl groups is 1. The van der Waals surface area contributed by atoms with Gasteiger partial charge in [0.25, 0.3) is 0 Å². The molecule has 16 heavy (non-hydrogen) atoms. The molecule has 2 rings (SSSR count). The number of nitrogens with zero attached hydrogens (tertiary/aromatic N) is 1. The highest BCUT2D eigenvalue weighted by Crippen LogP contribution is 2.25.